The van der Waals surface area contributed by atoms with Crippen molar-refractivity contribution in [3.8, 4) is 0 Å². The zero-order valence-corrected chi connectivity index (χ0v) is 11.9. The van der Waals surface area contributed by atoms with E-state index in [0.717, 1.165) is 31.8 Å². The second-order valence-electron chi connectivity index (χ2n) is 5.14. The molecule has 102 valence electrons. The summed E-state index contributed by atoms with van der Waals surface area (Å²) in [6.45, 7) is 8.26. The summed E-state index contributed by atoms with van der Waals surface area (Å²) in [6, 6.07) is 1.54. The predicted molar refractivity (Wildman–Crippen MR) is 73.5 cm³/mol. The molecule has 1 rings (SSSR count). The largest absolute Gasteiger partial charge is 0.380 e. The van der Waals surface area contributed by atoms with Gasteiger partial charge in [-0.1, -0.05) is 6.92 Å². The van der Waals surface area contributed by atoms with E-state index in [1.54, 1.807) is 0 Å². The molecule has 0 aromatic carbocycles. The van der Waals surface area contributed by atoms with E-state index >= 15 is 0 Å². The van der Waals surface area contributed by atoms with Crippen molar-refractivity contribution in [1.29, 1.82) is 0 Å². The molecular weight excluding hydrogens is 212 g/mol. The summed E-state index contributed by atoms with van der Waals surface area (Å²) < 4.78 is 5.42. The van der Waals surface area contributed by atoms with Crippen LogP contribution in [0.3, 0.4) is 0 Å². The van der Waals surface area contributed by atoms with Crippen molar-refractivity contribution < 1.29 is 4.74 Å². The lowest BCUT2D eigenvalue weighted by atomic mass is 9.90. The summed E-state index contributed by atoms with van der Waals surface area (Å²) in [5.41, 5.74) is 0. The summed E-state index contributed by atoms with van der Waals surface area (Å²) in [5, 5.41) is 3.64. The van der Waals surface area contributed by atoms with Crippen molar-refractivity contribution in [2.75, 3.05) is 33.4 Å². The Morgan fingerprint density at radius 2 is 1.88 bits per heavy atom. The molecule has 0 spiro atoms. The van der Waals surface area contributed by atoms with Crippen LogP contribution in [0.5, 0.6) is 0 Å². The average molecular weight is 242 g/mol. The quantitative estimate of drug-likeness (QED) is 0.661. The molecule has 0 atom stereocenters. The van der Waals surface area contributed by atoms with Gasteiger partial charge < -0.3 is 15.0 Å². The van der Waals surface area contributed by atoms with Crippen LogP contribution in [-0.4, -0.2) is 50.3 Å². The smallest absolute Gasteiger partial charge is 0.0593 e. The van der Waals surface area contributed by atoms with Crippen molar-refractivity contribution in [2.24, 2.45) is 0 Å². The van der Waals surface area contributed by atoms with Crippen LogP contribution in [0.1, 0.15) is 46.0 Å². The number of rotatable bonds is 8. The molecule has 3 nitrogen and oxygen atoms in total. The summed E-state index contributed by atoms with van der Waals surface area (Å²) in [4.78, 5) is 2.48. The van der Waals surface area contributed by atoms with Gasteiger partial charge in [0, 0.05) is 25.2 Å². The minimum absolute atomic E-state index is 0.770. The van der Waals surface area contributed by atoms with E-state index in [4.69, 9.17) is 4.74 Å². The van der Waals surface area contributed by atoms with Gasteiger partial charge in [0.1, 0.15) is 0 Å². The van der Waals surface area contributed by atoms with Crippen molar-refractivity contribution in [3.63, 3.8) is 0 Å². The lowest BCUT2D eigenvalue weighted by molar-refractivity contribution is 0.0941. The fourth-order valence-corrected chi connectivity index (χ4v) is 2.60. The first-order valence-corrected chi connectivity index (χ1v) is 7.29. The van der Waals surface area contributed by atoms with E-state index in [1.165, 1.54) is 38.6 Å². The molecule has 0 heterocycles. The van der Waals surface area contributed by atoms with Gasteiger partial charge in [-0.05, 0) is 52.6 Å². The highest BCUT2D eigenvalue weighted by Gasteiger charge is 2.23. The zero-order chi connectivity index (χ0) is 12.5. The summed E-state index contributed by atoms with van der Waals surface area (Å²) >= 11 is 0. The highest BCUT2D eigenvalue weighted by Crippen LogP contribution is 2.22. The lowest BCUT2D eigenvalue weighted by Crippen LogP contribution is -2.42. The van der Waals surface area contributed by atoms with E-state index in [1.807, 2.05) is 0 Å². The van der Waals surface area contributed by atoms with Gasteiger partial charge in [-0.3, -0.25) is 0 Å². The van der Waals surface area contributed by atoms with Gasteiger partial charge >= 0.3 is 0 Å². The van der Waals surface area contributed by atoms with Crippen LogP contribution < -0.4 is 5.32 Å². The second kappa shape index (κ2) is 8.90. The third-order valence-electron chi connectivity index (χ3n) is 3.80. The Bertz CT molecular complexity index is 179. The third-order valence-corrected chi connectivity index (χ3v) is 3.80. The molecule has 0 saturated heterocycles. The molecule has 0 aromatic heterocycles. The van der Waals surface area contributed by atoms with Crippen molar-refractivity contribution in [3.05, 3.63) is 0 Å². The van der Waals surface area contributed by atoms with Crippen LogP contribution in [-0.2, 0) is 4.74 Å². The standard InChI is InChI=1S/C14H30N2O/c1-4-10-15-13-6-8-14(9-7-13)16(3)11-12-17-5-2/h13-15H,4-12H2,1-3H3. The SMILES string of the molecule is CCCNC1CCC(N(C)CCOCC)CC1. The summed E-state index contributed by atoms with van der Waals surface area (Å²) in [5.74, 6) is 0. The van der Waals surface area contributed by atoms with Gasteiger partial charge in [0.2, 0.25) is 0 Å². The highest BCUT2D eigenvalue weighted by atomic mass is 16.5. The Kier molecular flexibility index (Phi) is 7.82. The first kappa shape index (κ1) is 14.9. The van der Waals surface area contributed by atoms with E-state index in [0.29, 0.717) is 0 Å². The molecule has 0 aromatic rings. The molecule has 1 aliphatic carbocycles. The zero-order valence-electron chi connectivity index (χ0n) is 11.9. The molecule has 0 aliphatic heterocycles. The predicted octanol–water partition coefficient (Wildman–Crippen LogP) is 2.27. The van der Waals surface area contributed by atoms with Crippen molar-refractivity contribution in [2.45, 2.75) is 58.0 Å². The number of ether oxygens (including phenoxy) is 1. The molecule has 0 bridgehead atoms. The van der Waals surface area contributed by atoms with E-state index in [9.17, 15) is 0 Å². The Labute approximate surface area is 107 Å². The molecular formula is C14H30N2O. The van der Waals surface area contributed by atoms with Gasteiger partial charge in [0.15, 0.2) is 0 Å². The maximum atomic E-state index is 5.42. The molecule has 1 saturated carbocycles. The molecule has 0 radical (unpaired) electrons. The Hall–Kier alpha value is -0.120. The van der Waals surface area contributed by atoms with Crippen LogP contribution in [0.15, 0.2) is 0 Å². The van der Waals surface area contributed by atoms with Gasteiger partial charge in [-0.25, -0.2) is 0 Å². The molecule has 1 fully saturated rings. The maximum absolute atomic E-state index is 5.42. The molecule has 1 aliphatic rings. The maximum Gasteiger partial charge on any atom is 0.0593 e. The number of nitrogens with zero attached hydrogens (tertiary/aromatic N) is 1. The first-order valence-electron chi connectivity index (χ1n) is 7.29. The highest BCUT2D eigenvalue weighted by molar-refractivity contribution is 4.81. The number of nitrogens with one attached hydrogen (secondary N) is 1. The van der Waals surface area contributed by atoms with Crippen LogP contribution in [0.2, 0.25) is 0 Å². The monoisotopic (exact) mass is 242 g/mol. The van der Waals surface area contributed by atoms with Crippen LogP contribution in [0.25, 0.3) is 0 Å². The van der Waals surface area contributed by atoms with Crippen molar-refractivity contribution in [1.82, 2.24) is 10.2 Å². The fourth-order valence-electron chi connectivity index (χ4n) is 2.60. The summed E-state index contributed by atoms with van der Waals surface area (Å²) in [6.07, 6.45) is 6.59. The minimum atomic E-state index is 0.770. The van der Waals surface area contributed by atoms with Crippen LogP contribution >= 0.6 is 0 Å². The number of likely N-dealkylation sites (N-methyl/N-ethyl adjacent to an activating group) is 1. The van der Waals surface area contributed by atoms with Crippen molar-refractivity contribution >= 4 is 0 Å². The Morgan fingerprint density at radius 1 is 1.18 bits per heavy atom. The second-order valence-corrected chi connectivity index (χ2v) is 5.14. The Balaban J connectivity index is 2.12. The van der Waals surface area contributed by atoms with Gasteiger partial charge in [0.25, 0.3) is 0 Å². The van der Waals surface area contributed by atoms with Gasteiger partial charge in [0.05, 0.1) is 6.61 Å². The van der Waals surface area contributed by atoms with Gasteiger partial charge in [-0.2, -0.15) is 0 Å². The molecule has 1 N–H and O–H groups in total. The van der Waals surface area contributed by atoms with Crippen LogP contribution in [0.4, 0.5) is 0 Å². The molecule has 17 heavy (non-hydrogen) atoms. The molecule has 0 amide bonds. The fraction of sp³-hybridized carbons (Fsp3) is 1.00. The molecule has 3 heteroatoms. The van der Waals surface area contributed by atoms with E-state index in [2.05, 4.69) is 31.1 Å². The van der Waals surface area contributed by atoms with Crippen LogP contribution in [0, 0.1) is 0 Å². The summed E-state index contributed by atoms with van der Waals surface area (Å²) in [7, 11) is 2.24. The topological polar surface area (TPSA) is 24.5 Å². The Morgan fingerprint density at radius 3 is 2.47 bits per heavy atom. The normalized spacial score (nSPS) is 25.4. The van der Waals surface area contributed by atoms with E-state index < -0.39 is 0 Å². The minimum Gasteiger partial charge on any atom is -0.380 e. The average Bonchev–Trinajstić information content (AvgIpc) is 2.37. The van der Waals surface area contributed by atoms with Gasteiger partial charge in [-0.15, -0.1) is 0 Å². The third kappa shape index (κ3) is 5.84. The van der Waals surface area contributed by atoms with E-state index in [-0.39, 0.29) is 0 Å². The number of hydrogen-bond donors (Lipinski definition) is 1. The lowest BCUT2D eigenvalue weighted by Gasteiger charge is -2.35. The number of hydrogen-bond acceptors (Lipinski definition) is 3. The first-order chi connectivity index (χ1) is 8.27. The molecule has 0 unspecified atom stereocenters.